The van der Waals surface area contributed by atoms with E-state index in [1.165, 1.54) is 6.26 Å². The molecule has 0 saturated carbocycles. The lowest BCUT2D eigenvalue weighted by molar-refractivity contribution is 0.0656. The van der Waals surface area contributed by atoms with E-state index in [9.17, 15) is 9.90 Å². The number of nitrogens with zero attached hydrogens (tertiary/aromatic N) is 1. The van der Waals surface area contributed by atoms with Crippen LogP contribution in [0.25, 0.3) is 0 Å². The Hall–Kier alpha value is -2.01. The summed E-state index contributed by atoms with van der Waals surface area (Å²) in [5.41, 5.74) is 0.432. The van der Waals surface area contributed by atoms with Crippen LogP contribution in [0, 0.1) is 20.8 Å². The summed E-state index contributed by atoms with van der Waals surface area (Å²) >= 11 is 0. The van der Waals surface area contributed by atoms with Crippen LogP contribution >= 0.6 is 24.0 Å². The molecular formula is C21H33IN4O4. The van der Waals surface area contributed by atoms with E-state index in [2.05, 4.69) is 20.9 Å². The van der Waals surface area contributed by atoms with Gasteiger partial charge in [-0.1, -0.05) is 0 Å². The molecule has 0 bridgehead atoms. The number of aryl methyl sites for hydroxylation is 3. The van der Waals surface area contributed by atoms with Crippen LogP contribution in [0.1, 0.15) is 53.5 Å². The van der Waals surface area contributed by atoms with Gasteiger partial charge in [0.1, 0.15) is 17.1 Å². The Labute approximate surface area is 194 Å². The van der Waals surface area contributed by atoms with Crippen molar-refractivity contribution in [2.24, 2.45) is 4.99 Å². The summed E-state index contributed by atoms with van der Waals surface area (Å²) in [5, 5.41) is 20.0. The third-order valence-corrected chi connectivity index (χ3v) is 4.51. The molecule has 2 aromatic heterocycles. The quantitative estimate of drug-likeness (QED) is 0.171. The van der Waals surface area contributed by atoms with Gasteiger partial charge in [-0.3, -0.25) is 4.79 Å². The molecular weight excluding hydrogens is 499 g/mol. The molecule has 168 valence electrons. The zero-order chi connectivity index (χ0) is 21.4. The Balaban J connectivity index is 0.00000450. The van der Waals surface area contributed by atoms with Crippen LogP contribution in [0.4, 0.5) is 0 Å². The standard InChI is InChI=1S/C21H32N4O4.HI/c1-6-22-20(25-13-21(5,27)17-12-15(3)29-16(17)4)24-10-7-9-23-19(26)18-14(2)8-11-28-18;/h8,11-12,27H,6-7,9-10,13H2,1-5H3,(H,23,26)(H2,22,24,25);1H. The number of rotatable bonds is 9. The molecule has 1 unspecified atom stereocenters. The number of carbonyl (C=O) groups excluding carboxylic acids is 1. The zero-order valence-corrected chi connectivity index (χ0v) is 20.6. The zero-order valence-electron chi connectivity index (χ0n) is 18.3. The number of halogens is 1. The number of guanidine groups is 1. The molecule has 0 radical (unpaired) electrons. The number of nitrogens with one attached hydrogen (secondary N) is 3. The molecule has 2 aromatic rings. The van der Waals surface area contributed by atoms with E-state index in [4.69, 9.17) is 8.83 Å². The number of amides is 1. The molecule has 0 aromatic carbocycles. The molecule has 0 fully saturated rings. The van der Waals surface area contributed by atoms with E-state index in [0.717, 1.165) is 16.9 Å². The summed E-state index contributed by atoms with van der Waals surface area (Å²) in [6.45, 7) is 11.2. The number of carbonyl (C=O) groups is 1. The summed E-state index contributed by atoms with van der Waals surface area (Å²) in [7, 11) is 0. The van der Waals surface area contributed by atoms with Crippen LogP contribution in [-0.4, -0.2) is 43.2 Å². The first kappa shape index (κ1) is 26.0. The molecule has 30 heavy (non-hydrogen) atoms. The van der Waals surface area contributed by atoms with Gasteiger partial charge in [0.2, 0.25) is 0 Å². The average molecular weight is 532 g/mol. The summed E-state index contributed by atoms with van der Waals surface area (Å²) in [4.78, 5) is 16.5. The first-order valence-corrected chi connectivity index (χ1v) is 9.89. The van der Waals surface area contributed by atoms with Crippen LogP contribution < -0.4 is 16.0 Å². The SMILES string of the molecule is CCNC(=NCC(C)(O)c1cc(C)oc1C)NCCCNC(=O)c1occc1C.I. The summed E-state index contributed by atoms with van der Waals surface area (Å²) in [5.74, 6) is 2.20. The van der Waals surface area contributed by atoms with Gasteiger partial charge >= 0.3 is 0 Å². The van der Waals surface area contributed by atoms with Gasteiger partial charge < -0.3 is 29.9 Å². The molecule has 8 nitrogen and oxygen atoms in total. The van der Waals surface area contributed by atoms with Gasteiger partial charge in [0.25, 0.3) is 5.91 Å². The molecule has 4 N–H and O–H groups in total. The molecule has 2 heterocycles. The first-order valence-electron chi connectivity index (χ1n) is 9.89. The Kier molecular flexibility index (Phi) is 10.4. The third-order valence-electron chi connectivity index (χ3n) is 4.51. The minimum atomic E-state index is -1.13. The summed E-state index contributed by atoms with van der Waals surface area (Å²) < 4.78 is 10.7. The van der Waals surface area contributed by atoms with Crippen LogP contribution in [0.3, 0.4) is 0 Å². The fourth-order valence-electron chi connectivity index (χ4n) is 3.01. The highest BCUT2D eigenvalue weighted by Crippen LogP contribution is 2.27. The topological polar surface area (TPSA) is 112 Å². The number of furan rings is 2. The highest BCUT2D eigenvalue weighted by atomic mass is 127. The van der Waals surface area contributed by atoms with Crippen LogP contribution in [0.2, 0.25) is 0 Å². The average Bonchev–Trinajstić information content (AvgIpc) is 3.24. The minimum absolute atomic E-state index is 0. The monoisotopic (exact) mass is 532 g/mol. The van der Waals surface area contributed by atoms with Crippen molar-refractivity contribution in [2.75, 3.05) is 26.2 Å². The molecule has 1 amide bonds. The van der Waals surface area contributed by atoms with Crippen molar-refractivity contribution in [3.63, 3.8) is 0 Å². The second-order valence-corrected chi connectivity index (χ2v) is 7.26. The van der Waals surface area contributed by atoms with E-state index in [0.29, 0.717) is 43.5 Å². The molecule has 0 aliphatic heterocycles. The van der Waals surface area contributed by atoms with Gasteiger partial charge in [-0.2, -0.15) is 0 Å². The molecule has 1 atom stereocenters. The molecule has 0 aliphatic carbocycles. The number of hydrogen-bond acceptors (Lipinski definition) is 5. The summed E-state index contributed by atoms with van der Waals surface area (Å²) in [6.07, 6.45) is 2.22. The largest absolute Gasteiger partial charge is 0.466 e. The van der Waals surface area contributed by atoms with Gasteiger partial charge in [-0.15, -0.1) is 24.0 Å². The fraction of sp³-hybridized carbons (Fsp3) is 0.524. The Morgan fingerprint density at radius 3 is 2.47 bits per heavy atom. The van der Waals surface area contributed by atoms with E-state index in [-0.39, 0.29) is 36.4 Å². The minimum Gasteiger partial charge on any atom is -0.466 e. The van der Waals surface area contributed by atoms with Crippen LogP contribution in [0.15, 0.2) is 32.2 Å². The van der Waals surface area contributed by atoms with Crippen LogP contribution in [0.5, 0.6) is 0 Å². The van der Waals surface area contributed by atoms with Crippen LogP contribution in [-0.2, 0) is 5.60 Å². The second kappa shape index (κ2) is 12.0. The normalized spacial score (nSPS) is 13.3. The van der Waals surface area contributed by atoms with E-state index < -0.39 is 5.60 Å². The van der Waals surface area contributed by atoms with Crippen molar-refractivity contribution < 1.29 is 18.7 Å². The lowest BCUT2D eigenvalue weighted by Gasteiger charge is -2.21. The smallest absolute Gasteiger partial charge is 0.287 e. The molecule has 0 saturated heterocycles. The van der Waals surface area contributed by atoms with Gasteiger partial charge in [0.05, 0.1) is 12.8 Å². The van der Waals surface area contributed by atoms with Gasteiger partial charge in [-0.05, 0) is 53.2 Å². The van der Waals surface area contributed by atoms with E-state index >= 15 is 0 Å². The number of aliphatic hydroxyl groups is 1. The van der Waals surface area contributed by atoms with Gasteiger partial charge in [-0.25, -0.2) is 4.99 Å². The van der Waals surface area contributed by atoms with Crippen molar-refractivity contribution in [2.45, 2.75) is 46.6 Å². The lowest BCUT2D eigenvalue weighted by Crippen LogP contribution is -2.40. The van der Waals surface area contributed by atoms with E-state index in [1.807, 2.05) is 33.8 Å². The highest BCUT2D eigenvalue weighted by Gasteiger charge is 2.27. The fourth-order valence-corrected chi connectivity index (χ4v) is 3.01. The number of aliphatic imine (C=N–C) groups is 1. The van der Waals surface area contributed by atoms with Crippen molar-refractivity contribution in [1.29, 1.82) is 0 Å². The maximum Gasteiger partial charge on any atom is 0.287 e. The lowest BCUT2D eigenvalue weighted by atomic mass is 9.96. The van der Waals surface area contributed by atoms with Crippen molar-refractivity contribution in [3.8, 4) is 0 Å². The van der Waals surface area contributed by atoms with E-state index in [1.54, 1.807) is 13.0 Å². The highest BCUT2D eigenvalue weighted by molar-refractivity contribution is 14.0. The van der Waals surface area contributed by atoms with Crippen molar-refractivity contribution >= 4 is 35.8 Å². The predicted octanol–water partition coefficient (Wildman–Crippen LogP) is 3.00. The van der Waals surface area contributed by atoms with Crippen molar-refractivity contribution in [1.82, 2.24) is 16.0 Å². The molecule has 2 rings (SSSR count). The Bertz CT molecular complexity index is 842. The molecule has 0 aliphatic rings. The van der Waals surface area contributed by atoms with Gasteiger partial charge in [0, 0.05) is 30.8 Å². The first-order chi connectivity index (χ1) is 13.7. The summed E-state index contributed by atoms with van der Waals surface area (Å²) in [6, 6.07) is 3.60. The molecule has 9 heteroatoms. The molecule has 0 spiro atoms. The Morgan fingerprint density at radius 1 is 1.20 bits per heavy atom. The Morgan fingerprint density at radius 2 is 1.90 bits per heavy atom. The predicted molar refractivity (Wildman–Crippen MR) is 128 cm³/mol. The third kappa shape index (κ3) is 7.35. The number of hydrogen-bond donors (Lipinski definition) is 4. The van der Waals surface area contributed by atoms with Crippen molar-refractivity contribution in [3.05, 3.63) is 46.8 Å². The maximum absolute atomic E-state index is 12.0. The maximum atomic E-state index is 12.0. The van der Waals surface area contributed by atoms with Gasteiger partial charge in [0.15, 0.2) is 11.7 Å². The second-order valence-electron chi connectivity index (χ2n) is 7.26.